The Morgan fingerprint density at radius 1 is 1.38 bits per heavy atom. The summed E-state index contributed by atoms with van der Waals surface area (Å²) >= 11 is 1.57. The zero-order chi connectivity index (χ0) is 19.5. The number of aliphatic hydroxyl groups excluding tert-OH is 2. The molecular weight excluding hydrogens is 352 g/mol. The monoisotopic (exact) mass is 378 g/mol. The van der Waals surface area contributed by atoms with Crippen LogP contribution in [0.3, 0.4) is 0 Å². The lowest BCUT2D eigenvalue weighted by molar-refractivity contribution is -0.152. The number of carbonyl (C=O) groups excluding carboxylic acids is 2. The van der Waals surface area contributed by atoms with E-state index in [0.717, 1.165) is 4.88 Å². The van der Waals surface area contributed by atoms with E-state index in [1.54, 1.807) is 36.5 Å². The fraction of sp³-hybridized carbons (Fsp3) is 0.368. The number of carbonyl (C=O) groups is 2. The first-order valence-corrected chi connectivity index (χ1v) is 9.20. The summed E-state index contributed by atoms with van der Waals surface area (Å²) < 4.78 is 0. The summed E-state index contributed by atoms with van der Waals surface area (Å²) in [6.45, 7) is 9.92. The molecule has 1 rings (SSSR count). The molecule has 6 nitrogen and oxygen atoms in total. The molecule has 142 valence electrons. The Labute approximate surface area is 158 Å². The molecule has 7 heteroatoms. The third kappa shape index (κ3) is 6.95. The summed E-state index contributed by atoms with van der Waals surface area (Å²) in [7, 11) is 0. The SMILES string of the molecule is C=C/C=C\C(=C)CN(CC)C(=O)C(O)C(O)C(=O)NCCc1cccs1. The fourth-order valence-electron chi connectivity index (χ4n) is 2.18. The van der Waals surface area contributed by atoms with Crippen molar-refractivity contribution in [2.75, 3.05) is 19.6 Å². The van der Waals surface area contributed by atoms with E-state index in [2.05, 4.69) is 18.5 Å². The van der Waals surface area contributed by atoms with Crippen molar-refractivity contribution in [2.24, 2.45) is 0 Å². The number of nitrogens with one attached hydrogen (secondary N) is 1. The molecule has 0 saturated heterocycles. The molecule has 0 bridgehead atoms. The van der Waals surface area contributed by atoms with Gasteiger partial charge in [0.1, 0.15) is 0 Å². The van der Waals surface area contributed by atoms with Crippen molar-refractivity contribution in [1.82, 2.24) is 10.2 Å². The minimum absolute atomic E-state index is 0.184. The summed E-state index contributed by atoms with van der Waals surface area (Å²) in [5.41, 5.74) is 0.641. The van der Waals surface area contributed by atoms with E-state index in [0.29, 0.717) is 25.1 Å². The second-order valence-corrected chi connectivity index (χ2v) is 6.65. The average Bonchev–Trinajstić information content (AvgIpc) is 3.15. The molecule has 0 aliphatic rings. The van der Waals surface area contributed by atoms with Crippen LogP contribution in [0, 0.1) is 0 Å². The van der Waals surface area contributed by atoms with Crippen LogP contribution in [0.5, 0.6) is 0 Å². The molecule has 1 aromatic rings. The average molecular weight is 378 g/mol. The number of rotatable bonds is 11. The zero-order valence-corrected chi connectivity index (χ0v) is 15.7. The van der Waals surface area contributed by atoms with Gasteiger partial charge in [-0.15, -0.1) is 11.3 Å². The van der Waals surface area contributed by atoms with Crippen molar-refractivity contribution in [2.45, 2.75) is 25.6 Å². The molecule has 0 spiro atoms. The van der Waals surface area contributed by atoms with Crippen molar-refractivity contribution in [3.8, 4) is 0 Å². The molecule has 0 fully saturated rings. The summed E-state index contributed by atoms with van der Waals surface area (Å²) in [5.74, 6) is -1.50. The minimum atomic E-state index is -1.83. The van der Waals surface area contributed by atoms with Crippen LogP contribution < -0.4 is 5.32 Å². The number of hydrogen-bond donors (Lipinski definition) is 3. The quantitative estimate of drug-likeness (QED) is 0.506. The normalized spacial score (nSPS) is 13.2. The number of allylic oxidation sites excluding steroid dienone is 2. The number of thiophene rings is 1. The Morgan fingerprint density at radius 3 is 2.69 bits per heavy atom. The Kier molecular flexibility index (Phi) is 9.57. The van der Waals surface area contributed by atoms with Gasteiger partial charge in [0, 0.05) is 24.5 Å². The lowest BCUT2D eigenvalue weighted by Crippen LogP contribution is -2.51. The molecule has 0 aromatic carbocycles. The molecule has 26 heavy (non-hydrogen) atoms. The van der Waals surface area contributed by atoms with Gasteiger partial charge in [-0.05, 0) is 30.4 Å². The molecule has 1 heterocycles. The van der Waals surface area contributed by atoms with Gasteiger partial charge in [-0.3, -0.25) is 9.59 Å². The highest BCUT2D eigenvalue weighted by molar-refractivity contribution is 7.09. The van der Waals surface area contributed by atoms with E-state index in [1.165, 1.54) is 4.90 Å². The standard InChI is InChI=1S/C19H26N2O4S/c1-4-6-8-14(3)13-21(5-2)19(25)17(23)16(22)18(24)20-11-10-15-9-7-12-26-15/h4,6-9,12,16-17,22-23H,1,3,5,10-11,13H2,2H3,(H,20,24)/b8-6-. The Bertz CT molecular complexity index is 640. The van der Waals surface area contributed by atoms with Crippen molar-refractivity contribution >= 4 is 23.2 Å². The van der Waals surface area contributed by atoms with E-state index < -0.39 is 24.0 Å². The van der Waals surface area contributed by atoms with Crippen LogP contribution in [0.2, 0.25) is 0 Å². The predicted octanol–water partition coefficient (Wildman–Crippen LogP) is 1.28. The molecule has 0 radical (unpaired) electrons. The van der Waals surface area contributed by atoms with Gasteiger partial charge in [-0.2, -0.15) is 0 Å². The Hall–Kier alpha value is -2.22. The molecule has 0 aliphatic heterocycles. The summed E-state index contributed by atoms with van der Waals surface area (Å²) in [5, 5.41) is 24.5. The zero-order valence-electron chi connectivity index (χ0n) is 14.9. The second kappa shape index (κ2) is 11.4. The van der Waals surface area contributed by atoms with E-state index in [9.17, 15) is 19.8 Å². The maximum atomic E-state index is 12.3. The summed E-state index contributed by atoms with van der Waals surface area (Å²) in [6, 6.07) is 3.86. The first-order chi connectivity index (χ1) is 12.4. The van der Waals surface area contributed by atoms with Crippen molar-refractivity contribution in [1.29, 1.82) is 0 Å². The van der Waals surface area contributed by atoms with Gasteiger partial charge in [0.2, 0.25) is 0 Å². The van der Waals surface area contributed by atoms with Gasteiger partial charge in [-0.1, -0.05) is 37.5 Å². The number of nitrogens with zero attached hydrogens (tertiary/aromatic N) is 1. The van der Waals surface area contributed by atoms with Crippen LogP contribution in [0.15, 0.2) is 54.5 Å². The summed E-state index contributed by atoms with van der Waals surface area (Å²) in [6.07, 6.45) is 1.94. The van der Waals surface area contributed by atoms with Crippen LogP contribution in [0.4, 0.5) is 0 Å². The number of likely N-dealkylation sites (N-methyl/N-ethyl adjacent to an activating group) is 1. The maximum Gasteiger partial charge on any atom is 0.254 e. The highest BCUT2D eigenvalue weighted by Gasteiger charge is 2.32. The van der Waals surface area contributed by atoms with Gasteiger partial charge in [0.15, 0.2) is 12.2 Å². The number of amides is 2. The Balaban J connectivity index is 2.54. The number of aliphatic hydroxyl groups is 2. The molecule has 0 saturated carbocycles. The molecule has 2 unspecified atom stereocenters. The van der Waals surface area contributed by atoms with Gasteiger partial charge >= 0.3 is 0 Å². The van der Waals surface area contributed by atoms with E-state index >= 15 is 0 Å². The van der Waals surface area contributed by atoms with Gasteiger partial charge in [-0.25, -0.2) is 0 Å². The van der Waals surface area contributed by atoms with E-state index in [1.807, 2.05) is 17.5 Å². The third-order valence-electron chi connectivity index (χ3n) is 3.63. The van der Waals surface area contributed by atoms with Gasteiger partial charge in [0.25, 0.3) is 11.8 Å². The first kappa shape index (κ1) is 21.8. The van der Waals surface area contributed by atoms with E-state index in [4.69, 9.17) is 0 Å². The van der Waals surface area contributed by atoms with E-state index in [-0.39, 0.29) is 6.54 Å². The van der Waals surface area contributed by atoms with Gasteiger partial charge < -0.3 is 20.4 Å². The van der Waals surface area contributed by atoms with Gasteiger partial charge in [0.05, 0.1) is 0 Å². The molecule has 2 atom stereocenters. The minimum Gasteiger partial charge on any atom is -0.380 e. The van der Waals surface area contributed by atoms with Crippen LogP contribution in [-0.2, 0) is 16.0 Å². The first-order valence-electron chi connectivity index (χ1n) is 8.32. The highest BCUT2D eigenvalue weighted by atomic mass is 32.1. The van der Waals surface area contributed by atoms with Crippen molar-refractivity contribution < 1.29 is 19.8 Å². The largest absolute Gasteiger partial charge is 0.380 e. The lowest BCUT2D eigenvalue weighted by Gasteiger charge is -2.26. The molecule has 2 amide bonds. The third-order valence-corrected chi connectivity index (χ3v) is 4.56. The summed E-state index contributed by atoms with van der Waals surface area (Å²) in [4.78, 5) is 26.7. The maximum absolute atomic E-state index is 12.3. The molecule has 1 aromatic heterocycles. The molecule has 0 aliphatic carbocycles. The lowest BCUT2D eigenvalue weighted by atomic mass is 10.1. The second-order valence-electron chi connectivity index (χ2n) is 5.62. The molecule has 3 N–H and O–H groups in total. The molecular formula is C19H26N2O4S. The topological polar surface area (TPSA) is 89.9 Å². The van der Waals surface area contributed by atoms with Crippen molar-refractivity contribution in [3.63, 3.8) is 0 Å². The fourth-order valence-corrected chi connectivity index (χ4v) is 2.89. The number of hydrogen-bond acceptors (Lipinski definition) is 5. The smallest absolute Gasteiger partial charge is 0.254 e. The predicted molar refractivity (Wildman–Crippen MR) is 104 cm³/mol. The van der Waals surface area contributed by atoms with Crippen LogP contribution in [0.1, 0.15) is 11.8 Å². The van der Waals surface area contributed by atoms with Crippen LogP contribution >= 0.6 is 11.3 Å². The van der Waals surface area contributed by atoms with Crippen LogP contribution in [-0.4, -0.2) is 58.8 Å². The highest BCUT2D eigenvalue weighted by Crippen LogP contribution is 2.09. The Morgan fingerprint density at radius 2 is 2.12 bits per heavy atom. The van der Waals surface area contributed by atoms with Crippen LogP contribution in [0.25, 0.3) is 0 Å². The van der Waals surface area contributed by atoms with Crippen molar-refractivity contribution in [3.05, 3.63) is 59.3 Å².